The molecule has 0 aliphatic carbocycles. The van der Waals surface area contributed by atoms with Crippen molar-refractivity contribution < 1.29 is 22.3 Å². The van der Waals surface area contributed by atoms with Crippen LogP contribution >= 0.6 is 0 Å². The van der Waals surface area contributed by atoms with Gasteiger partial charge in [0.2, 0.25) is 0 Å². The van der Waals surface area contributed by atoms with Crippen molar-refractivity contribution in [1.29, 1.82) is 0 Å². The Morgan fingerprint density at radius 3 is 2.00 bits per heavy atom. The summed E-state index contributed by atoms with van der Waals surface area (Å²) in [7, 11) is 0. The standard InChI is InChI=1S/C17H11F3O2/c18-17(19,20)22-16-9-4-3-8-14(16)12-6-1-2-7-13(12)15-10-5-11-21-15/h1-11H. The Bertz CT molecular complexity index is 762. The Morgan fingerprint density at radius 1 is 0.727 bits per heavy atom. The summed E-state index contributed by atoms with van der Waals surface area (Å²) in [6, 6.07) is 16.6. The highest BCUT2D eigenvalue weighted by Gasteiger charge is 2.32. The van der Waals surface area contributed by atoms with Gasteiger partial charge < -0.3 is 9.15 Å². The predicted molar refractivity (Wildman–Crippen MR) is 76.3 cm³/mol. The lowest BCUT2D eigenvalue weighted by Crippen LogP contribution is -2.17. The molecule has 0 fully saturated rings. The van der Waals surface area contributed by atoms with Gasteiger partial charge in [0.05, 0.1) is 6.26 Å². The molecule has 0 bridgehead atoms. The third-order valence-electron chi connectivity index (χ3n) is 3.12. The average molecular weight is 304 g/mol. The van der Waals surface area contributed by atoms with Crippen molar-refractivity contribution in [3.05, 3.63) is 66.9 Å². The Labute approximate surface area is 124 Å². The molecule has 0 saturated carbocycles. The summed E-state index contributed by atoms with van der Waals surface area (Å²) in [5, 5.41) is 0. The molecule has 0 saturated heterocycles. The van der Waals surface area contributed by atoms with Crippen molar-refractivity contribution in [2.24, 2.45) is 0 Å². The summed E-state index contributed by atoms with van der Waals surface area (Å²) in [5.41, 5.74) is 1.66. The summed E-state index contributed by atoms with van der Waals surface area (Å²) >= 11 is 0. The number of alkyl halides is 3. The molecule has 3 rings (SSSR count). The van der Waals surface area contributed by atoms with Gasteiger partial charge in [0.25, 0.3) is 0 Å². The van der Waals surface area contributed by atoms with Gasteiger partial charge in [0, 0.05) is 11.1 Å². The molecule has 0 spiro atoms. The second kappa shape index (κ2) is 5.60. The molecule has 2 aromatic carbocycles. The van der Waals surface area contributed by atoms with Crippen LogP contribution in [0.15, 0.2) is 71.3 Å². The minimum absolute atomic E-state index is 0.242. The lowest BCUT2D eigenvalue weighted by Gasteiger charge is -2.15. The van der Waals surface area contributed by atoms with Crippen LogP contribution < -0.4 is 4.74 Å². The maximum atomic E-state index is 12.6. The summed E-state index contributed by atoms with van der Waals surface area (Å²) in [5.74, 6) is 0.339. The summed E-state index contributed by atoms with van der Waals surface area (Å²) < 4.78 is 47.2. The van der Waals surface area contributed by atoms with E-state index in [-0.39, 0.29) is 5.75 Å². The molecular weight excluding hydrogens is 293 g/mol. The zero-order chi connectivity index (χ0) is 15.6. The number of rotatable bonds is 3. The number of ether oxygens (including phenoxy) is 1. The first-order chi connectivity index (χ1) is 10.5. The fourth-order valence-corrected chi connectivity index (χ4v) is 2.27. The third-order valence-corrected chi connectivity index (χ3v) is 3.12. The van der Waals surface area contributed by atoms with Gasteiger partial charge in [-0.2, -0.15) is 0 Å². The van der Waals surface area contributed by atoms with E-state index in [0.717, 1.165) is 0 Å². The maximum Gasteiger partial charge on any atom is 0.573 e. The van der Waals surface area contributed by atoms with Crippen molar-refractivity contribution >= 4 is 0 Å². The van der Waals surface area contributed by atoms with Crippen molar-refractivity contribution in [2.75, 3.05) is 0 Å². The molecule has 22 heavy (non-hydrogen) atoms. The monoisotopic (exact) mass is 304 g/mol. The van der Waals surface area contributed by atoms with Crippen molar-refractivity contribution in [3.63, 3.8) is 0 Å². The van der Waals surface area contributed by atoms with Crippen LogP contribution in [0.1, 0.15) is 0 Å². The second-order valence-electron chi connectivity index (χ2n) is 4.57. The van der Waals surface area contributed by atoms with Crippen LogP contribution in [0.3, 0.4) is 0 Å². The molecule has 0 amide bonds. The van der Waals surface area contributed by atoms with E-state index in [4.69, 9.17) is 4.42 Å². The van der Waals surface area contributed by atoms with Gasteiger partial charge in [-0.05, 0) is 23.8 Å². The Balaban J connectivity index is 2.13. The molecule has 0 aliphatic rings. The van der Waals surface area contributed by atoms with Gasteiger partial charge in [-0.3, -0.25) is 0 Å². The van der Waals surface area contributed by atoms with Gasteiger partial charge in [-0.15, -0.1) is 13.2 Å². The van der Waals surface area contributed by atoms with Gasteiger partial charge in [-0.1, -0.05) is 42.5 Å². The van der Waals surface area contributed by atoms with E-state index in [1.165, 1.54) is 18.4 Å². The first-order valence-corrected chi connectivity index (χ1v) is 6.53. The van der Waals surface area contributed by atoms with Crippen LogP contribution in [-0.2, 0) is 0 Å². The number of furan rings is 1. The average Bonchev–Trinajstić information content (AvgIpc) is 3.00. The maximum absolute atomic E-state index is 12.6. The van der Waals surface area contributed by atoms with Gasteiger partial charge in [-0.25, -0.2) is 0 Å². The lowest BCUT2D eigenvalue weighted by molar-refractivity contribution is -0.274. The molecule has 0 radical (unpaired) electrons. The highest BCUT2D eigenvalue weighted by Crippen LogP contribution is 2.38. The predicted octanol–water partition coefficient (Wildman–Crippen LogP) is 5.51. The van der Waals surface area contributed by atoms with Gasteiger partial charge in [0.1, 0.15) is 11.5 Å². The molecule has 0 atom stereocenters. The SMILES string of the molecule is FC(F)(F)Oc1ccccc1-c1ccccc1-c1ccco1. The normalized spacial score (nSPS) is 11.4. The molecule has 2 nitrogen and oxygen atoms in total. The molecule has 3 aromatic rings. The Hall–Kier alpha value is -2.69. The second-order valence-corrected chi connectivity index (χ2v) is 4.57. The topological polar surface area (TPSA) is 22.4 Å². The largest absolute Gasteiger partial charge is 0.573 e. The van der Waals surface area contributed by atoms with E-state index >= 15 is 0 Å². The quantitative estimate of drug-likeness (QED) is 0.636. The number of hydrogen-bond acceptors (Lipinski definition) is 2. The molecular formula is C17H11F3O2. The number of hydrogen-bond donors (Lipinski definition) is 0. The summed E-state index contributed by atoms with van der Waals surface area (Å²) in [6.07, 6.45) is -3.22. The molecule has 0 aliphatic heterocycles. The minimum atomic E-state index is -4.74. The lowest BCUT2D eigenvalue weighted by atomic mass is 9.97. The summed E-state index contributed by atoms with van der Waals surface area (Å²) in [4.78, 5) is 0. The zero-order valence-electron chi connectivity index (χ0n) is 11.3. The van der Waals surface area contributed by atoms with E-state index in [1.807, 2.05) is 0 Å². The van der Waals surface area contributed by atoms with Crippen LogP contribution in [0.25, 0.3) is 22.5 Å². The Kier molecular flexibility index (Phi) is 3.63. The minimum Gasteiger partial charge on any atom is -0.464 e. The molecule has 112 valence electrons. The fraction of sp³-hybridized carbons (Fsp3) is 0.0588. The van der Waals surface area contributed by atoms with Gasteiger partial charge in [0.15, 0.2) is 0 Å². The van der Waals surface area contributed by atoms with Crippen molar-refractivity contribution in [1.82, 2.24) is 0 Å². The van der Waals surface area contributed by atoms with Crippen molar-refractivity contribution in [3.8, 4) is 28.2 Å². The molecule has 0 unspecified atom stereocenters. The zero-order valence-corrected chi connectivity index (χ0v) is 11.3. The van der Waals surface area contributed by atoms with E-state index in [2.05, 4.69) is 4.74 Å². The van der Waals surface area contributed by atoms with E-state index < -0.39 is 6.36 Å². The van der Waals surface area contributed by atoms with Crippen LogP contribution in [0, 0.1) is 0 Å². The molecule has 1 aromatic heterocycles. The number of halogens is 3. The molecule has 1 heterocycles. The number of benzene rings is 2. The van der Waals surface area contributed by atoms with Crippen LogP contribution in [-0.4, -0.2) is 6.36 Å². The van der Waals surface area contributed by atoms with E-state index in [1.54, 1.807) is 48.5 Å². The summed E-state index contributed by atoms with van der Waals surface area (Å²) in [6.45, 7) is 0. The number of para-hydroxylation sites is 1. The first-order valence-electron chi connectivity index (χ1n) is 6.53. The van der Waals surface area contributed by atoms with Gasteiger partial charge >= 0.3 is 6.36 Å². The van der Waals surface area contributed by atoms with E-state index in [0.29, 0.717) is 22.5 Å². The highest BCUT2D eigenvalue weighted by atomic mass is 19.4. The third kappa shape index (κ3) is 2.98. The fourth-order valence-electron chi connectivity index (χ4n) is 2.27. The highest BCUT2D eigenvalue weighted by molar-refractivity contribution is 5.84. The molecule has 5 heteroatoms. The smallest absolute Gasteiger partial charge is 0.464 e. The van der Waals surface area contributed by atoms with E-state index in [9.17, 15) is 13.2 Å². The first kappa shape index (κ1) is 14.3. The Morgan fingerprint density at radius 2 is 1.36 bits per heavy atom. The van der Waals surface area contributed by atoms with Crippen molar-refractivity contribution in [2.45, 2.75) is 6.36 Å². The van der Waals surface area contributed by atoms with Crippen LogP contribution in [0.5, 0.6) is 5.75 Å². The van der Waals surface area contributed by atoms with Crippen LogP contribution in [0.2, 0.25) is 0 Å². The molecule has 0 N–H and O–H groups in total. The van der Waals surface area contributed by atoms with Crippen LogP contribution in [0.4, 0.5) is 13.2 Å².